The van der Waals surface area contributed by atoms with E-state index in [9.17, 15) is 5.11 Å². The van der Waals surface area contributed by atoms with E-state index < -0.39 is 22.3 Å². The average molecular weight is 362 g/mol. The summed E-state index contributed by atoms with van der Waals surface area (Å²) in [6, 6.07) is 4.23. The number of morpholine rings is 1. The summed E-state index contributed by atoms with van der Waals surface area (Å²) in [5.74, 6) is 0. The van der Waals surface area contributed by atoms with E-state index in [1.54, 1.807) is 0 Å². The van der Waals surface area contributed by atoms with Gasteiger partial charge in [-0.3, -0.25) is 4.90 Å². The molecule has 1 N–H and O–H groups in total. The molecule has 0 radical (unpaired) electrons. The zero-order chi connectivity index (χ0) is 17.5. The maximum Gasteiger partial charge on any atom is 0.136 e. The fourth-order valence-electron chi connectivity index (χ4n) is 2.97. The monoisotopic (exact) mass is 361 g/mol. The molecule has 1 fully saturated rings. The highest BCUT2D eigenvalue weighted by Crippen LogP contribution is 2.24. The predicted molar refractivity (Wildman–Crippen MR) is 104 cm³/mol. The molecule has 1 saturated heterocycles. The lowest BCUT2D eigenvalue weighted by molar-refractivity contribution is -0.141. The molecule has 1 rings (SSSR count). The zero-order valence-corrected chi connectivity index (χ0v) is 18.2. The van der Waals surface area contributed by atoms with Crippen molar-refractivity contribution in [3.63, 3.8) is 0 Å². The lowest BCUT2D eigenvalue weighted by Crippen LogP contribution is -2.49. The van der Waals surface area contributed by atoms with Gasteiger partial charge in [0.2, 0.25) is 0 Å². The number of aliphatic hydroxyl groups excluding tert-OH is 1. The first-order valence-electron chi connectivity index (χ1n) is 9.22. The molecule has 1 aliphatic heterocycles. The van der Waals surface area contributed by atoms with Gasteiger partial charge in [0, 0.05) is 35.8 Å². The summed E-state index contributed by atoms with van der Waals surface area (Å²) in [5.41, 5.74) is 0. The van der Waals surface area contributed by atoms with Gasteiger partial charge in [-0.2, -0.15) is 0 Å². The Kier molecular flexibility index (Phi) is 8.97. The van der Waals surface area contributed by atoms with E-state index in [1.807, 2.05) is 6.92 Å². The Morgan fingerprint density at radius 3 is 2.17 bits per heavy atom. The lowest BCUT2D eigenvalue weighted by Gasteiger charge is -2.36. The van der Waals surface area contributed by atoms with Crippen LogP contribution in [0.5, 0.6) is 0 Å². The van der Waals surface area contributed by atoms with Crippen molar-refractivity contribution in [1.82, 2.24) is 4.90 Å². The molecule has 0 amide bonds. The molecule has 0 aromatic rings. The van der Waals surface area contributed by atoms with Gasteiger partial charge in [0.15, 0.2) is 0 Å². The maximum atomic E-state index is 10.0. The van der Waals surface area contributed by atoms with Crippen LogP contribution in [0.15, 0.2) is 0 Å². The molecular formula is C17H39NO3Si2. The van der Waals surface area contributed by atoms with Crippen molar-refractivity contribution in [1.29, 1.82) is 0 Å². The zero-order valence-electron chi connectivity index (χ0n) is 16.2. The van der Waals surface area contributed by atoms with E-state index in [0.717, 1.165) is 39.3 Å². The Labute approximate surface area is 145 Å². The van der Waals surface area contributed by atoms with Gasteiger partial charge in [-0.25, -0.2) is 0 Å². The van der Waals surface area contributed by atoms with Crippen LogP contribution in [0.1, 0.15) is 13.3 Å². The second-order valence-electron chi connectivity index (χ2n) is 8.98. The third-order valence-corrected chi connectivity index (χ3v) is 10.2. The summed E-state index contributed by atoms with van der Waals surface area (Å²) in [5, 5.41) is 10.0. The summed E-state index contributed by atoms with van der Waals surface area (Å²) in [4.78, 5) is 2.21. The Morgan fingerprint density at radius 2 is 1.65 bits per heavy atom. The minimum Gasteiger partial charge on any atom is -0.389 e. The van der Waals surface area contributed by atoms with Gasteiger partial charge < -0.3 is 14.6 Å². The molecule has 6 heteroatoms. The van der Waals surface area contributed by atoms with Gasteiger partial charge in [-0.05, 0) is 13.3 Å². The van der Waals surface area contributed by atoms with Crippen molar-refractivity contribution in [2.75, 3.05) is 32.9 Å². The van der Waals surface area contributed by atoms with E-state index in [1.165, 1.54) is 18.1 Å². The van der Waals surface area contributed by atoms with Crippen molar-refractivity contribution in [2.45, 2.75) is 76.5 Å². The van der Waals surface area contributed by atoms with Crippen LogP contribution >= 0.6 is 0 Å². The van der Waals surface area contributed by atoms with Crippen LogP contribution in [0, 0.1) is 0 Å². The third-order valence-electron chi connectivity index (χ3n) is 4.66. The highest BCUT2D eigenvalue weighted by atomic mass is 28.3. The molecule has 4 nitrogen and oxygen atoms in total. The minimum atomic E-state index is -1.09. The van der Waals surface area contributed by atoms with Gasteiger partial charge in [0.05, 0.1) is 19.3 Å². The summed E-state index contributed by atoms with van der Waals surface area (Å²) in [7, 11) is -2.01. The summed E-state index contributed by atoms with van der Waals surface area (Å²) >= 11 is 0. The molecule has 1 aliphatic rings. The molecule has 23 heavy (non-hydrogen) atoms. The van der Waals surface area contributed by atoms with E-state index in [4.69, 9.17) is 9.47 Å². The highest BCUT2D eigenvalue weighted by Gasteiger charge is 2.27. The largest absolute Gasteiger partial charge is 0.389 e. The predicted octanol–water partition coefficient (Wildman–Crippen LogP) is 3.48. The van der Waals surface area contributed by atoms with Crippen LogP contribution in [0.2, 0.25) is 50.9 Å². The average Bonchev–Trinajstić information content (AvgIpc) is 2.45. The molecule has 2 atom stereocenters. The molecule has 0 bridgehead atoms. The van der Waals surface area contributed by atoms with Crippen LogP contribution in [-0.2, 0) is 9.47 Å². The van der Waals surface area contributed by atoms with E-state index in [-0.39, 0.29) is 6.23 Å². The maximum absolute atomic E-state index is 10.0. The molecule has 0 aliphatic carbocycles. The van der Waals surface area contributed by atoms with Crippen molar-refractivity contribution in [2.24, 2.45) is 0 Å². The lowest BCUT2D eigenvalue weighted by atomic mass is 10.3. The first-order valence-corrected chi connectivity index (χ1v) is 16.3. The topological polar surface area (TPSA) is 41.9 Å². The Balaban J connectivity index is 2.30. The van der Waals surface area contributed by atoms with Gasteiger partial charge >= 0.3 is 0 Å². The second kappa shape index (κ2) is 9.68. The minimum absolute atomic E-state index is 0.175. The smallest absolute Gasteiger partial charge is 0.136 e. The molecule has 0 aromatic heterocycles. The fourth-order valence-corrected chi connectivity index (χ4v) is 10.0. The first kappa shape index (κ1) is 21.3. The number of aliphatic hydroxyl groups is 1. The molecule has 2 unspecified atom stereocenters. The number of nitrogens with zero attached hydrogens (tertiary/aromatic N) is 1. The van der Waals surface area contributed by atoms with E-state index in [0.29, 0.717) is 0 Å². The van der Waals surface area contributed by atoms with Crippen LogP contribution in [0.3, 0.4) is 0 Å². The molecule has 0 spiro atoms. The van der Waals surface area contributed by atoms with Crippen LogP contribution < -0.4 is 0 Å². The molecule has 1 heterocycles. The normalized spacial score (nSPS) is 20.5. The van der Waals surface area contributed by atoms with E-state index in [2.05, 4.69) is 37.6 Å². The molecule has 138 valence electrons. The van der Waals surface area contributed by atoms with Gasteiger partial charge in [0.1, 0.15) is 6.23 Å². The number of hydrogen-bond donors (Lipinski definition) is 1. The Hall–Kier alpha value is 0.274. The van der Waals surface area contributed by atoms with Crippen LogP contribution in [0.4, 0.5) is 0 Å². The molecular weight excluding hydrogens is 322 g/mol. The highest BCUT2D eigenvalue weighted by molar-refractivity contribution is 6.82. The van der Waals surface area contributed by atoms with Crippen molar-refractivity contribution >= 4 is 16.1 Å². The van der Waals surface area contributed by atoms with Crippen molar-refractivity contribution in [3.05, 3.63) is 0 Å². The van der Waals surface area contributed by atoms with Gasteiger partial charge in [0.25, 0.3) is 0 Å². The standard InChI is InChI=1S/C17H39NO3Si2/c1-16(19)17(18-8-11-20-12-9-18)21-10-7-13-23(5,6)15-14-22(2,3)4/h16-17,19H,7-15H2,1-6H3. The van der Waals surface area contributed by atoms with Crippen LogP contribution in [0.25, 0.3) is 0 Å². The first-order chi connectivity index (χ1) is 10.6. The third kappa shape index (κ3) is 9.36. The number of hydrogen-bond acceptors (Lipinski definition) is 4. The molecule has 0 aromatic carbocycles. The van der Waals surface area contributed by atoms with Crippen molar-refractivity contribution < 1.29 is 14.6 Å². The quantitative estimate of drug-likeness (QED) is 0.478. The van der Waals surface area contributed by atoms with E-state index >= 15 is 0 Å². The van der Waals surface area contributed by atoms with Gasteiger partial charge in [-0.15, -0.1) is 0 Å². The van der Waals surface area contributed by atoms with Crippen molar-refractivity contribution in [3.8, 4) is 0 Å². The SMILES string of the molecule is CC(O)C(OCCC[Si](C)(C)CC[Si](C)(C)C)N1CCOCC1. The summed E-state index contributed by atoms with van der Waals surface area (Å²) in [6.45, 7) is 18.2. The fraction of sp³-hybridized carbons (Fsp3) is 1.00. The molecule has 0 saturated carbocycles. The number of ether oxygens (including phenoxy) is 2. The summed E-state index contributed by atoms with van der Waals surface area (Å²) in [6.07, 6.45) is 0.495. The Morgan fingerprint density at radius 1 is 1.04 bits per heavy atom. The van der Waals surface area contributed by atoms with Crippen LogP contribution in [-0.4, -0.2) is 71.4 Å². The summed E-state index contributed by atoms with van der Waals surface area (Å²) < 4.78 is 11.4. The second-order valence-corrected chi connectivity index (χ2v) is 19.9. The van der Waals surface area contributed by atoms with Gasteiger partial charge in [-0.1, -0.05) is 50.9 Å². The number of rotatable bonds is 10. The Bertz CT molecular complexity index is 326.